The number of rotatable bonds is 4. The number of carbonyl (C=O) groups is 1. The molecule has 1 aliphatic carbocycles. The Morgan fingerprint density at radius 2 is 1.67 bits per heavy atom. The zero-order chi connectivity index (χ0) is 14.9. The Balaban J connectivity index is 1.86. The van der Waals surface area contributed by atoms with Crippen molar-refractivity contribution in [1.29, 1.82) is 0 Å². The van der Waals surface area contributed by atoms with Crippen molar-refractivity contribution < 1.29 is 4.79 Å². The summed E-state index contributed by atoms with van der Waals surface area (Å²) in [5.74, 6) is 0.423. The van der Waals surface area contributed by atoms with Crippen molar-refractivity contribution in [2.24, 2.45) is 5.92 Å². The molecule has 1 N–H and O–H groups in total. The molecule has 0 atom stereocenters. The zero-order valence-corrected chi connectivity index (χ0v) is 12.6. The van der Waals surface area contributed by atoms with E-state index in [1.54, 1.807) is 0 Å². The van der Waals surface area contributed by atoms with Gasteiger partial charge in [0.2, 0.25) is 5.91 Å². The molecule has 1 aliphatic rings. The summed E-state index contributed by atoms with van der Waals surface area (Å²) in [5.41, 5.74) is 3.17. The van der Waals surface area contributed by atoms with Gasteiger partial charge >= 0.3 is 0 Å². The average molecular weight is 279 g/mol. The monoisotopic (exact) mass is 279 g/mol. The zero-order valence-electron chi connectivity index (χ0n) is 12.6. The van der Waals surface area contributed by atoms with E-state index in [0.717, 1.165) is 18.4 Å². The topological polar surface area (TPSA) is 29.1 Å². The van der Waals surface area contributed by atoms with Crippen LogP contribution in [0.15, 0.2) is 54.6 Å². The molecule has 2 nitrogen and oxygen atoms in total. The first-order chi connectivity index (χ1) is 10.1. The second-order valence-electron chi connectivity index (χ2n) is 6.34. The highest BCUT2D eigenvalue weighted by atomic mass is 16.2. The minimum atomic E-state index is -0.343. The van der Waals surface area contributed by atoms with Crippen molar-refractivity contribution in [1.82, 2.24) is 5.32 Å². The van der Waals surface area contributed by atoms with E-state index < -0.39 is 0 Å². The van der Waals surface area contributed by atoms with Crippen molar-refractivity contribution in [3.63, 3.8) is 0 Å². The second-order valence-corrected chi connectivity index (χ2v) is 6.34. The van der Waals surface area contributed by atoms with E-state index in [2.05, 4.69) is 55.6 Å². The molecule has 0 aliphatic heterocycles. The first kappa shape index (κ1) is 13.9. The third kappa shape index (κ3) is 3.15. The SMILES string of the molecule is CC(C)(NC(=O)C1CC1)c1cccc(-c2ccccc2)c1. The van der Waals surface area contributed by atoms with E-state index in [4.69, 9.17) is 0 Å². The van der Waals surface area contributed by atoms with Crippen LogP contribution in [0.1, 0.15) is 32.3 Å². The molecule has 2 aromatic carbocycles. The Hall–Kier alpha value is -2.09. The number of carbonyl (C=O) groups excluding carboxylic acids is 1. The van der Waals surface area contributed by atoms with E-state index >= 15 is 0 Å². The molecule has 0 bridgehead atoms. The van der Waals surface area contributed by atoms with Crippen LogP contribution in [0, 0.1) is 5.92 Å². The highest BCUT2D eigenvalue weighted by Gasteiger charge is 2.33. The minimum Gasteiger partial charge on any atom is -0.347 e. The third-order valence-electron chi connectivity index (χ3n) is 4.08. The van der Waals surface area contributed by atoms with E-state index in [1.807, 2.05) is 18.2 Å². The summed E-state index contributed by atoms with van der Waals surface area (Å²) in [6.07, 6.45) is 2.07. The highest BCUT2D eigenvalue weighted by Crippen LogP contribution is 2.32. The molecule has 0 aromatic heterocycles. The first-order valence-corrected chi connectivity index (χ1v) is 7.54. The fourth-order valence-electron chi connectivity index (χ4n) is 2.55. The molecule has 0 heterocycles. The van der Waals surface area contributed by atoms with Crippen molar-refractivity contribution in [3.05, 3.63) is 60.2 Å². The van der Waals surface area contributed by atoms with Gasteiger partial charge in [0.05, 0.1) is 5.54 Å². The standard InChI is InChI=1S/C19H21NO/c1-19(2,20-18(21)15-11-12-15)17-10-6-9-16(13-17)14-7-4-3-5-8-14/h3-10,13,15H,11-12H2,1-2H3,(H,20,21). The summed E-state index contributed by atoms with van der Waals surface area (Å²) in [4.78, 5) is 12.0. The van der Waals surface area contributed by atoms with Crippen LogP contribution in [-0.4, -0.2) is 5.91 Å². The van der Waals surface area contributed by atoms with Crippen LogP contribution in [0.4, 0.5) is 0 Å². The molecule has 21 heavy (non-hydrogen) atoms. The fourth-order valence-corrected chi connectivity index (χ4v) is 2.55. The van der Waals surface area contributed by atoms with Crippen LogP contribution >= 0.6 is 0 Å². The fraction of sp³-hybridized carbons (Fsp3) is 0.316. The first-order valence-electron chi connectivity index (χ1n) is 7.54. The van der Waals surface area contributed by atoms with Gasteiger partial charge in [0.1, 0.15) is 0 Å². The Morgan fingerprint density at radius 3 is 2.33 bits per heavy atom. The average Bonchev–Trinajstić information content (AvgIpc) is 3.33. The molecule has 3 rings (SSSR count). The lowest BCUT2D eigenvalue weighted by molar-refractivity contribution is -0.124. The molecule has 0 saturated heterocycles. The van der Waals surface area contributed by atoms with Gasteiger partial charge < -0.3 is 5.32 Å². The van der Waals surface area contributed by atoms with Crippen molar-refractivity contribution in [3.8, 4) is 11.1 Å². The van der Waals surface area contributed by atoms with Crippen LogP contribution in [-0.2, 0) is 10.3 Å². The molecule has 0 radical (unpaired) electrons. The molecule has 1 amide bonds. The van der Waals surface area contributed by atoms with Crippen LogP contribution in [0.2, 0.25) is 0 Å². The molecule has 1 saturated carbocycles. The van der Waals surface area contributed by atoms with Crippen molar-refractivity contribution >= 4 is 5.91 Å². The molecular weight excluding hydrogens is 258 g/mol. The van der Waals surface area contributed by atoms with Crippen LogP contribution in [0.3, 0.4) is 0 Å². The van der Waals surface area contributed by atoms with Gasteiger partial charge in [-0.05, 0) is 49.4 Å². The van der Waals surface area contributed by atoms with E-state index in [-0.39, 0.29) is 17.4 Å². The number of amides is 1. The molecular formula is C19H21NO. The number of benzene rings is 2. The Morgan fingerprint density at radius 1 is 1.00 bits per heavy atom. The lowest BCUT2D eigenvalue weighted by Crippen LogP contribution is -2.41. The lowest BCUT2D eigenvalue weighted by atomic mass is 9.91. The summed E-state index contributed by atoms with van der Waals surface area (Å²) >= 11 is 0. The Labute approximate surface area is 126 Å². The molecule has 0 spiro atoms. The lowest BCUT2D eigenvalue weighted by Gasteiger charge is -2.27. The summed E-state index contributed by atoms with van der Waals surface area (Å²) in [5, 5.41) is 3.17. The summed E-state index contributed by atoms with van der Waals surface area (Å²) in [6, 6.07) is 18.7. The third-order valence-corrected chi connectivity index (χ3v) is 4.08. The van der Waals surface area contributed by atoms with E-state index in [1.165, 1.54) is 11.1 Å². The molecule has 1 fully saturated rings. The largest absolute Gasteiger partial charge is 0.347 e. The van der Waals surface area contributed by atoms with Crippen LogP contribution in [0.25, 0.3) is 11.1 Å². The van der Waals surface area contributed by atoms with Crippen LogP contribution < -0.4 is 5.32 Å². The van der Waals surface area contributed by atoms with Gasteiger partial charge in [-0.2, -0.15) is 0 Å². The smallest absolute Gasteiger partial charge is 0.223 e. The van der Waals surface area contributed by atoms with Gasteiger partial charge in [0, 0.05) is 5.92 Å². The predicted molar refractivity (Wildman–Crippen MR) is 85.8 cm³/mol. The number of hydrogen-bond donors (Lipinski definition) is 1. The summed E-state index contributed by atoms with van der Waals surface area (Å²) in [6.45, 7) is 4.13. The van der Waals surface area contributed by atoms with Crippen LogP contribution in [0.5, 0.6) is 0 Å². The second kappa shape index (κ2) is 5.36. The van der Waals surface area contributed by atoms with Gasteiger partial charge in [0.25, 0.3) is 0 Å². The Kier molecular flexibility index (Phi) is 3.54. The van der Waals surface area contributed by atoms with Gasteiger partial charge in [-0.3, -0.25) is 4.79 Å². The normalized spacial score (nSPS) is 14.8. The van der Waals surface area contributed by atoms with Gasteiger partial charge in [-0.25, -0.2) is 0 Å². The highest BCUT2D eigenvalue weighted by molar-refractivity contribution is 5.81. The Bertz CT molecular complexity index is 642. The van der Waals surface area contributed by atoms with Gasteiger partial charge in [-0.1, -0.05) is 48.5 Å². The summed E-state index contributed by atoms with van der Waals surface area (Å²) < 4.78 is 0. The molecule has 108 valence electrons. The van der Waals surface area contributed by atoms with Gasteiger partial charge in [0.15, 0.2) is 0 Å². The quantitative estimate of drug-likeness (QED) is 0.896. The van der Waals surface area contributed by atoms with E-state index in [9.17, 15) is 4.79 Å². The predicted octanol–water partition coefficient (Wildman–Crippen LogP) is 4.11. The van der Waals surface area contributed by atoms with Crippen molar-refractivity contribution in [2.45, 2.75) is 32.2 Å². The number of nitrogens with one attached hydrogen (secondary N) is 1. The maximum absolute atomic E-state index is 12.0. The molecule has 2 aromatic rings. The molecule has 0 unspecified atom stereocenters. The summed E-state index contributed by atoms with van der Waals surface area (Å²) in [7, 11) is 0. The number of hydrogen-bond acceptors (Lipinski definition) is 1. The maximum Gasteiger partial charge on any atom is 0.223 e. The van der Waals surface area contributed by atoms with Gasteiger partial charge in [-0.15, -0.1) is 0 Å². The maximum atomic E-state index is 12.0. The van der Waals surface area contributed by atoms with Crippen molar-refractivity contribution in [2.75, 3.05) is 0 Å². The molecule has 2 heteroatoms. The minimum absolute atomic E-state index is 0.185. The van der Waals surface area contributed by atoms with E-state index in [0.29, 0.717) is 0 Å².